The van der Waals surface area contributed by atoms with Crippen LogP contribution in [-0.2, 0) is 9.53 Å². The second kappa shape index (κ2) is 8.25. The molecule has 1 aliphatic heterocycles. The summed E-state index contributed by atoms with van der Waals surface area (Å²) in [6.45, 7) is 4.24. The van der Waals surface area contributed by atoms with E-state index >= 15 is 0 Å². The van der Waals surface area contributed by atoms with Crippen molar-refractivity contribution in [3.8, 4) is 0 Å². The maximum Gasteiger partial charge on any atom is 0.224 e. The minimum atomic E-state index is 0. The maximum atomic E-state index is 12.3. The highest BCUT2D eigenvalue weighted by atomic mass is 35.5. The smallest absolute Gasteiger partial charge is 0.224 e. The molecule has 112 valence electrons. The van der Waals surface area contributed by atoms with Gasteiger partial charge in [-0.05, 0) is 12.5 Å². The molecule has 0 bridgehead atoms. The molecule has 5 heteroatoms. The zero-order valence-electron chi connectivity index (χ0n) is 12.0. The molecular weight excluding hydrogens is 276 g/mol. The van der Waals surface area contributed by atoms with E-state index in [2.05, 4.69) is 24.4 Å². The van der Waals surface area contributed by atoms with E-state index in [4.69, 9.17) is 4.74 Å². The van der Waals surface area contributed by atoms with Crippen molar-refractivity contribution in [1.29, 1.82) is 0 Å². The van der Waals surface area contributed by atoms with Gasteiger partial charge in [-0.25, -0.2) is 0 Å². The SMILES string of the molecule is CC(c1ccccc1)N(C)C(=O)CC1COCCN1.Cl. The summed E-state index contributed by atoms with van der Waals surface area (Å²) in [5, 5.41) is 3.31. The van der Waals surface area contributed by atoms with Crippen molar-refractivity contribution in [1.82, 2.24) is 10.2 Å². The van der Waals surface area contributed by atoms with E-state index in [0.717, 1.165) is 18.7 Å². The summed E-state index contributed by atoms with van der Waals surface area (Å²) in [6, 6.07) is 10.3. The monoisotopic (exact) mass is 298 g/mol. The van der Waals surface area contributed by atoms with Crippen molar-refractivity contribution in [3.05, 3.63) is 35.9 Å². The fourth-order valence-electron chi connectivity index (χ4n) is 2.28. The van der Waals surface area contributed by atoms with E-state index in [0.29, 0.717) is 13.0 Å². The molecule has 2 atom stereocenters. The lowest BCUT2D eigenvalue weighted by molar-refractivity contribution is -0.133. The fraction of sp³-hybridized carbons (Fsp3) is 0.533. The van der Waals surface area contributed by atoms with Gasteiger partial charge < -0.3 is 15.0 Å². The first kappa shape index (κ1) is 17.0. The zero-order valence-corrected chi connectivity index (χ0v) is 12.9. The summed E-state index contributed by atoms with van der Waals surface area (Å²) >= 11 is 0. The second-order valence-corrected chi connectivity index (χ2v) is 5.02. The first-order valence-electron chi connectivity index (χ1n) is 6.80. The van der Waals surface area contributed by atoms with Gasteiger partial charge in [0.05, 0.1) is 19.3 Å². The molecule has 1 aromatic carbocycles. The molecule has 4 nitrogen and oxygen atoms in total. The quantitative estimate of drug-likeness (QED) is 0.924. The molecule has 0 radical (unpaired) electrons. The molecule has 20 heavy (non-hydrogen) atoms. The molecule has 1 aliphatic rings. The van der Waals surface area contributed by atoms with E-state index < -0.39 is 0 Å². The van der Waals surface area contributed by atoms with Crippen LogP contribution in [-0.4, -0.2) is 43.7 Å². The second-order valence-electron chi connectivity index (χ2n) is 5.02. The van der Waals surface area contributed by atoms with Crippen molar-refractivity contribution in [2.45, 2.75) is 25.4 Å². The first-order valence-corrected chi connectivity index (χ1v) is 6.80. The summed E-state index contributed by atoms with van der Waals surface area (Å²) in [5.74, 6) is 0.152. The highest BCUT2D eigenvalue weighted by molar-refractivity contribution is 5.85. The van der Waals surface area contributed by atoms with Gasteiger partial charge in [0.2, 0.25) is 5.91 Å². The number of benzene rings is 1. The van der Waals surface area contributed by atoms with Crippen LogP contribution in [0.2, 0.25) is 0 Å². The third-order valence-electron chi connectivity index (χ3n) is 3.68. The lowest BCUT2D eigenvalue weighted by Crippen LogP contribution is -2.44. The molecule has 1 saturated heterocycles. The molecule has 1 N–H and O–H groups in total. The van der Waals surface area contributed by atoms with Gasteiger partial charge >= 0.3 is 0 Å². The number of carbonyl (C=O) groups is 1. The lowest BCUT2D eigenvalue weighted by Gasteiger charge is -2.29. The molecule has 0 aromatic heterocycles. The minimum absolute atomic E-state index is 0. The van der Waals surface area contributed by atoms with Crippen molar-refractivity contribution >= 4 is 18.3 Å². The van der Waals surface area contributed by atoms with E-state index in [-0.39, 0.29) is 30.4 Å². The van der Waals surface area contributed by atoms with Crippen LogP contribution in [0.3, 0.4) is 0 Å². The van der Waals surface area contributed by atoms with Crippen LogP contribution in [0, 0.1) is 0 Å². The first-order chi connectivity index (χ1) is 9.18. The van der Waals surface area contributed by atoms with Gasteiger partial charge in [0.15, 0.2) is 0 Å². The van der Waals surface area contributed by atoms with Gasteiger partial charge in [-0.2, -0.15) is 0 Å². The van der Waals surface area contributed by atoms with Gasteiger partial charge in [0.1, 0.15) is 0 Å². The molecule has 0 spiro atoms. The predicted molar refractivity (Wildman–Crippen MR) is 82.1 cm³/mol. The van der Waals surface area contributed by atoms with Gasteiger partial charge in [-0.15, -0.1) is 12.4 Å². The number of hydrogen-bond acceptors (Lipinski definition) is 3. The average Bonchev–Trinajstić information content (AvgIpc) is 2.47. The number of halogens is 1. The topological polar surface area (TPSA) is 41.6 Å². The third-order valence-corrected chi connectivity index (χ3v) is 3.68. The minimum Gasteiger partial charge on any atom is -0.378 e. The molecule has 0 saturated carbocycles. The van der Waals surface area contributed by atoms with Crippen molar-refractivity contribution in [2.75, 3.05) is 26.8 Å². The Labute approximate surface area is 126 Å². The Morgan fingerprint density at radius 3 is 2.75 bits per heavy atom. The van der Waals surface area contributed by atoms with Crippen LogP contribution in [0.25, 0.3) is 0 Å². The van der Waals surface area contributed by atoms with Crippen LogP contribution in [0.1, 0.15) is 24.9 Å². The standard InChI is InChI=1S/C15H22N2O2.ClH/c1-12(13-6-4-3-5-7-13)17(2)15(18)10-14-11-19-9-8-16-14;/h3-7,12,14,16H,8-11H2,1-2H3;1H. The van der Waals surface area contributed by atoms with Crippen LogP contribution >= 0.6 is 12.4 Å². The average molecular weight is 299 g/mol. The summed E-state index contributed by atoms with van der Waals surface area (Å²) < 4.78 is 5.37. The number of rotatable bonds is 4. The molecule has 1 fully saturated rings. The summed E-state index contributed by atoms with van der Waals surface area (Å²) in [5.41, 5.74) is 1.16. The van der Waals surface area contributed by atoms with Crippen molar-refractivity contribution < 1.29 is 9.53 Å². The molecule has 0 aliphatic carbocycles. The number of nitrogens with zero attached hydrogens (tertiary/aromatic N) is 1. The Bertz CT molecular complexity index is 408. The predicted octanol–water partition coefficient (Wildman–Crippen LogP) is 2.01. The lowest BCUT2D eigenvalue weighted by atomic mass is 10.1. The van der Waals surface area contributed by atoms with E-state index in [1.54, 1.807) is 0 Å². The van der Waals surface area contributed by atoms with E-state index in [1.165, 1.54) is 0 Å². The molecule has 2 unspecified atom stereocenters. The largest absolute Gasteiger partial charge is 0.378 e. The molecule has 1 aromatic rings. The Morgan fingerprint density at radius 1 is 1.45 bits per heavy atom. The summed E-state index contributed by atoms with van der Waals surface area (Å²) in [4.78, 5) is 14.1. The normalized spacial score (nSPS) is 19.8. The molecular formula is C15H23ClN2O2. The Kier molecular flexibility index (Phi) is 6.99. The Hall–Kier alpha value is -1.10. The van der Waals surface area contributed by atoms with E-state index in [9.17, 15) is 4.79 Å². The number of nitrogens with one attached hydrogen (secondary N) is 1. The highest BCUT2D eigenvalue weighted by Gasteiger charge is 2.22. The van der Waals surface area contributed by atoms with Gasteiger partial charge in [-0.3, -0.25) is 4.79 Å². The fourth-order valence-corrected chi connectivity index (χ4v) is 2.28. The van der Waals surface area contributed by atoms with Gasteiger partial charge in [0.25, 0.3) is 0 Å². The number of hydrogen-bond donors (Lipinski definition) is 1. The van der Waals surface area contributed by atoms with Crippen LogP contribution in [0.4, 0.5) is 0 Å². The third kappa shape index (κ3) is 4.47. The van der Waals surface area contributed by atoms with Crippen molar-refractivity contribution in [3.63, 3.8) is 0 Å². The van der Waals surface area contributed by atoms with E-state index in [1.807, 2.05) is 30.1 Å². The number of carbonyl (C=O) groups excluding carboxylic acids is 1. The highest BCUT2D eigenvalue weighted by Crippen LogP contribution is 2.19. The van der Waals surface area contributed by atoms with Gasteiger partial charge in [-0.1, -0.05) is 30.3 Å². The molecule has 1 heterocycles. The van der Waals surface area contributed by atoms with Crippen molar-refractivity contribution in [2.24, 2.45) is 0 Å². The number of amides is 1. The van der Waals surface area contributed by atoms with Crippen LogP contribution < -0.4 is 5.32 Å². The molecule has 1 amide bonds. The van der Waals surface area contributed by atoms with Crippen LogP contribution in [0.5, 0.6) is 0 Å². The number of ether oxygens (including phenoxy) is 1. The van der Waals surface area contributed by atoms with Crippen LogP contribution in [0.15, 0.2) is 30.3 Å². The Morgan fingerprint density at radius 2 is 2.15 bits per heavy atom. The summed E-state index contributed by atoms with van der Waals surface area (Å²) in [6.07, 6.45) is 0.494. The Balaban J connectivity index is 0.00000200. The summed E-state index contributed by atoms with van der Waals surface area (Å²) in [7, 11) is 1.86. The molecule has 2 rings (SSSR count). The maximum absolute atomic E-state index is 12.3. The zero-order chi connectivity index (χ0) is 13.7. The van der Waals surface area contributed by atoms with Gasteiger partial charge in [0, 0.05) is 26.1 Å². The number of morpholine rings is 1.